The molecule has 0 atom stereocenters. The summed E-state index contributed by atoms with van der Waals surface area (Å²) in [6.45, 7) is 0. The van der Waals surface area contributed by atoms with Gasteiger partial charge in [0.1, 0.15) is 0 Å². The topological polar surface area (TPSA) is 4.93 Å². The molecule has 13 aromatic rings. The Hall–Kier alpha value is -9.04. The van der Waals surface area contributed by atoms with E-state index in [2.05, 4.69) is 278 Å². The summed E-state index contributed by atoms with van der Waals surface area (Å²) in [6.07, 6.45) is 0. The first-order valence-corrected chi connectivity index (χ1v) is 23.8. The number of nitrogens with zero attached hydrogens (tertiary/aromatic N) is 1. The molecule has 1 heteroatoms. The first-order valence-electron chi connectivity index (χ1n) is 23.8. The van der Waals surface area contributed by atoms with Crippen LogP contribution in [0.3, 0.4) is 0 Å². The molecule has 1 aromatic heterocycles. The number of benzene rings is 12. The lowest BCUT2D eigenvalue weighted by molar-refractivity contribution is 1.18. The summed E-state index contributed by atoms with van der Waals surface area (Å²) >= 11 is 0. The predicted molar refractivity (Wildman–Crippen MR) is 294 cm³/mol. The first-order chi connectivity index (χ1) is 34.2. The van der Waals surface area contributed by atoms with Crippen LogP contribution in [0, 0.1) is 0 Å². The van der Waals surface area contributed by atoms with Gasteiger partial charge in [0.2, 0.25) is 0 Å². The monoisotopic (exact) mass is 875 g/mol. The second-order valence-electron chi connectivity index (χ2n) is 18.0. The van der Waals surface area contributed by atoms with Gasteiger partial charge in [-0.15, -0.1) is 0 Å². The van der Waals surface area contributed by atoms with Gasteiger partial charge in [-0.3, -0.25) is 0 Å². The second kappa shape index (κ2) is 17.0. The van der Waals surface area contributed by atoms with E-state index >= 15 is 0 Å². The quantitative estimate of drug-likeness (QED) is 0.134. The summed E-state index contributed by atoms with van der Waals surface area (Å²) in [6, 6.07) is 99.9. The molecule has 12 aromatic carbocycles. The van der Waals surface area contributed by atoms with Gasteiger partial charge >= 0.3 is 0 Å². The lowest BCUT2D eigenvalue weighted by Gasteiger charge is -2.19. The molecule has 0 fully saturated rings. The zero-order valence-corrected chi connectivity index (χ0v) is 37.9. The van der Waals surface area contributed by atoms with Crippen LogP contribution < -0.4 is 0 Å². The minimum atomic E-state index is 1.13. The van der Waals surface area contributed by atoms with E-state index in [9.17, 15) is 0 Å². The maximum Gasteiger partial charge on any atom is 0.0541 e. The van der Waals surface area contributed by atoms with Crippen molar-refractivity contribution in [3.63, 3.8) is 0 Å². The minimum absolute atomic E-state index is 1.13. The summed E-state index contributed by atoms with van der Waals surface area (Å²) in [4.78, 5) is 0. The predicted octanol–water partition coefficient (Wildman–Crippen LogP) is 18.8. The number of aromatic nitrogens is 1. The maximum atomic E-state index is 2.44. The summed E-state index contributed by atoms with van der Waals surface area (Å²) < 4.78 is 2.44. The van der Waals surface area contributed by atoms with Crippen molar-refractivity contribution in [1.29, 1.82) is 0 Å². The van der Waals surface area contributed by atoms with E-state index in [1.807, 2.05) is 0 Å². The molecule has 0 bridgehead atoms. The van der Waals surface area contributed by atoms with Crippen molar-refractivity contribution >= 4 is 43.4 Å². The SMILES string of the molecule is c1ccc(-c2ccc(-c3ccc4c(c3)c3cc(-c5ccc(-c6ccccc6)cc5)ccc3n4-c3ccc(-c4ccc5c(-c6ccccc6)c6ccccc6c(-c6ccccc6)c5c4)cc3)cc2)cc1. The molecule has 0 saturated carbocycles. The number of rotatable bonds is 8. The largest absolute Gasteiger partial charge is 0.309 e. The Morgan fingerprint density at radius 3 is 0.870 bits per heavy atom. The molecule has 1 heterocycles. The lowest BCUT2D eigenvalue weighted by Crippen LogP contribution is -1.94. The van der Waals surface area contributed by atoms with Crippen molar-refractivity contribution in [2.24, 2.45) is 0 Å². The van der Waals surface area contributed by atoms with E-state index < -0.39 is 0 Å². The first kappa shape index (κ1) is 40.3. The molecule has 0 amide bonds. The van der Waals surface area contributed by atoms with Gasteiger partial charge in [0.25, 0.3) is 0 Å². The molecule has 322 valence electrons. The maximum absolute atomic E-state index is 2.44. The average molecular weight is 876 g/mol. The Labute approximate surface area is 402 Å². The highest BCUT2D eigenvalue weighted by Gasteiger charge is 2.19. The standard InChI is InChI=1S/C68H45N/c1-5-15-46(16-6-1)48-25-29-50(30-26-48)56-36-41-65-62(43-56)63-44-57(51-31-27-49(28-32-51)47-17-7-2-8-18-47)37-42-66(63)69(65)58-38-33-52(34-39-58)55-35-40-61-64(45-55)68(54-21-11-4-12-22-54)60-24-14-13-23-59(60)67(61)53-19-9-3-10-20-53/h1-45H. The van der Waals surface area contributed by atoms with Crippen LogP contribution in [-0.2, 0) is 0 Å². The normalized spacial score (nSPS) is 11.5. The van der Waals surface area contributed by atoms with Crippen LogP contribution in [0.5, 0.6) is 0 Å². The van der Waals surface area contributed by atoms with Gasteiger partial charge in [0.05, 0.1) is 11.0 Å². The third kappa shape index (κ3) is 7.20. The van der Waals surface area contributed by atoms with Crippen molar-refractivity contribution in [1.82, 2.24) is 4.57 Å². The molecule has 0 spiro atoms. The van der Waals surface area contributed by atoms with Crippen LogP contribution in [0.4, 0.5) is 0 Å². The third-order valence-electron chi connectivity index (χ3n) is 14.0. The number of hydrogen-bond donors (Lipinski definition) is 0. The average Bonchev–Trinajstić information content (AvgIpc) is 3.76. The Morgan fingerprint density at radius 2 is 0.449 bits per heavy atom. The van der Waals surface area contributed by atoms with Crippen molar-refractivity contribution in [2.45, 2.75) is 0 Å². The van der Waals surface area contributed by atoms with Gasteiger partial charge < -0.3 is 4.57 Å². The zero-order valence-electron chi connectivity index (χ0n) is 37.9. The fourth-order valence-corrected chi connectivity index (χ4v) is 10.6. The lowest BCUT2D eigenvalue weighted by atomic mass is 9.85. The molecule has 0 unspecified atom stereocenters. The molecule has 0 N–H and O–H groups in total. The molecule has 0 aliphatic rings. The van der Waals surface area contributed by atoms with Gasteiger partial charge in [0, 0.05) is 16.5 Å². The minimum Gasteiger partial charge on any atom is -0.309 e. The highest BCUT2D eigenvalue weighted by Crippen LogP contribution is 2.45. The van der Waals surface area contributed by atoms with Crippen LogP contribution in [0.2, 0.25) is 0 Å². The van der Waals surface area contributed by atoms with Crippen molar-refractivity contribution < 1.29 is 0 Å². The van der Waals surface area contributed by atoms with Crippen LogP contribution in [0.15, 0.2) is 273 Å². The van der Waals surface area contributed by atoms with Gasteiger partial charge in [-0.2, -0.15) is 0 Å². The Kier molecular flexibility index (Phi) is 9.91. The molecule has 0 radical (unpaired) electrons. The zero-order chi connectivity index (χ0) is 45.7. The second-order valence-corrected chi connectivity index (χ2v) is 18.0. The fraction of sp³-hybridized carbons (Fsp3) is 0. The Morgan fingerprint density at radius 1 is 0.174 bits per heavy atom. The molecular formula is C68H45N. The Bertz CT molecular complexity index is 3840. The van der Waals surface area contributed by atoms with Crippen LogP contribution in [-0.4, -0.2) is 4.57 Å². The fourth-order valence-electron chi connectivity index (χ4n) is 10.6. The highest BCUT2D eigenvalue weighted by atomic mass is 15.0. The molecule has 0 aliphatic heterocycles. The van der Waals surface area contributed by atoms with Crippen molar-refractivity contribution in [3.05, 3.63) is 273 Å². The molecule has 0 aliphatic carbocycles. The number of hydrogen-bond acceptors (Lipinski definition) is 0. The van der Waals surface area contributed by atoms with E-state index in [1.165, 1.54) is 121 Å². The van der Waals surface area contributed by atoms with Crippen LogP contribution in [0.25, 0.3) is 127 Å². The smallest absolute Gasteiger partial charge is 0.0541 e. The van der Waals surface area contributed by atoms with E-state index in [1.54, 1.807) is 0 Å². The summed E-state index contributed by atoms with van der Waals surface area (Å²) in [5.74, 6) is 0. The van der Waals surface area contributed by atoms with Crippen LogP contribution in [0.1, 0.15) is 0 Å². The van der Waals surface area contributed by atoms with Gasteiger partial charge in [-0.05, 0) is 142 Å². The molecule has 69 heavy (non-hydrogen) atoms. The summed E-state index contributed by atoms with van der Waals surface area (Å²) in [5, 5.41) is 7.48. The van der Waals surface area contributed by atoms with Gasteiger partial charge in [-0.1, -0.05) is 231 Å². The number of fused-ring (bicyclic) bond motifs is 5. The van der Waals surface area contributed by atoms with E-state index in [0.29, 0.717) is 0 Å². The highest BCUT2D eigenvalue weighted by molar-refractivity contribution is 6.22. The molecule has 1 nitrogen and oxygen atoms in total. The van der Waals surface area contributed by atoms with E-state index in [4.69, 9.17) is 0 Å². The van der Waals surface area contributed by atoms with Crippen LogP contribution >= 0.6 is 0 Å². The third-order valence-corrected chi connectivity index (χ3v) is 14.0. The van der Waals surface area contributed by atoms with E-state index in [0.717, 1.165) is 5.69 Å². The van der Waals surface area contributed by atoms with E-state index in [-0.39, 0.29) is 0 Å². The summed E-state index contributed by atoms with van der Waals surface area (Å²) in [5.41, 5.74) is 20.5. The Balaban J connectivity index is 0.937. The van der Waals surface area contributed by atoms with Crippen molar-refractivity contribution in [3.8, 4) is 83.6 Å². The molecule has 0 saturated heterocycles. The van der Waals surface area contributed by atoms with Gasteiger partial charge in [-0.25, -0.2) is 0 Å². The molecule has 13 rings (SSSR count). The summed E-state index contributed by atoms with van der Waals surface area (Å²) in [7, 11) is 0. The van der Waals surface area contributed by atoms with Gasteiger partial charge in [0.15, 0.2) is 0 Å². The van der Waals surface area contributed by atoms with Crippen molar-refractivity contribution in [2.75, 3.05) is 0 Å². The molecular weight excluding hydrogens is 831 g/mol.